The van der Waals surface area contributed by atoms with Gasteiger partial charge in [-0.25, -0.2) is 14.2 Å². The first-order valence-corrected chi connectivity index (χ1v) is 5.78. The van der Waals surface area contributed by atoms with E-state index in [1.54, 1.807) is 35.0 Å². The number of hydrogen-bond donors (Lipinski definition) is 1. The van der Waals surface area contributed by atoms with Crippen molar-refractivity contribution in [2.45, 2.75) is 0 Å². The standard InChI is InChI=1S/C14H9FN2O3/c15-9-3-1-4-10(13(9)14(18)19)20-12-6-2-5-11-16-7-8-17(11)12/h1-8H,(H,18,19). The van der Waals surface area contributed by atoms with E-state index < -0.39 is 17.3 Å². The number of carboxylic acid groups (broad SMARTS) is 1. The fourth-order valence-electron chi connectivity index (χ4n) is 1.91. The molecular formula is C14H9FN2O3. The largest absolute Gasteiger partial charge is 0.477 e. The topological polar surface area (TPSA) is 63.8 Å². The Morgan fingerprint density at radius 1 is 1.25 bits per heavy atom. The van der Waals surface area contributed by atoms with E-state index in [1.807, 2.05) is 0 Å². The van der Waals surface area contributed by atoms with Crippen molar-refractivity contribution in [2.75, 3.05) is 0 Å². The summed E-state index contributed by atoms with van der Waals surface area (Å²) in [4.78, 5) is 15.2. The zero-order valence-electron chi connectivity index (χ0n) is 10.2. The summed E-state index contributed by atoms with van der Waals surface area (Å²) in [5.74, 6) is -1.92. The van der Waals surface area contributed by atoms with Gasteiger partial charge >= 0.3 is 5.97 Å². The third-order valence-corrected chi connectivity index (χ3v) is 2.79. The lowest BCUT2D eigenvalue weighted by atomic mass is 10.2. The SMILES string of the molecule is O=C(O)c1c(F)cccc1Oc1cccc2nccn12. The molecule has 3 rings (SSSR count). The predicted molar refractivity (Wildman–Crippen MR) is 68.6 cm³/mol. The molecule has 3 aromatic rings. The molecule has 0 atom stereocenters. The van der Waals surface area contributed by atoms with Gasteiger partial charge in [-0.1, -0.05) is 12.1 Å². The Hall–Kier alpha value is -2.89. The molecule has 6 heteroatoms. The van der Waals surface area contributed by atoms with Crippen molar-refractivity contribution in [3.63, 3.8) is 0 Å². The van der Waals surface area contributed by atoms with Crippen LogP contribution in [0.2, 0.25) is 0 Å². The van der Waals surface area contributed by atoms with E-state index in [0.29, 0.717) is 11.5 Å². The number of aromatic carboxylic acids is 1. The number of ether oxygens (including phenoxy) is 1. The van der Waals surface area contributed by atoms with E-state index in [0.717, 1.165) is 6.07 Å². The second-order valence-electron chi connectivity index (χ2n) is 4.04. The number of hydrogen-bond acceptors (Lipinski definition) is 3. The van der Waals surface area contributed by atoms with E-state index in [-0.39, 0.29) is 5.75 Å². The number of rotatable bonds is 3. The minimum Gasteiger partial charge on any atom is -0.477 e. The van der Waals surface area contributed by atoms with Crippen molar-refractivity contribution in [3.8, 4) is 11.6 Å². The first kappa shape index (κ1) is 12.2. The molecule has 0 spiro atoms. The molecule has 1 aromatic carbocycles. The Labute approximate surface area is 112 Å². The van der Waals surface area contributed by atoms with Gasteiger partial charge in [-0.3, -0.25) is 4.40 Å². The second kappa shape index (κ2) is 4.65. The average molecular weight is 272 g/mol. The molecule has 0 unspecified atom stereocenters. The van der Waals surface area contributed by atoms with Gasteiger partial charge in [-0.15, -0.1) is 0 Å². The van der Waals surface area contributed by atoms with E-state index >= 15 is 0 Å². The highest BCUT2D eigenvalue weighted by atomic mass is 19.1. The molecule has 0 amide bonds. The summed E-state index contributed by atoms with van der Waals surface area (Å²) in [6.45, 7) is 0. The Kier molecular flexibility index (Phi) is 2.83. The van der Waals surface area contributed by atoms with E-state index in [9.17, 15) is 9.18 Å². The van der Waals surface area contributed by atoms with Crippen LogP contribution in [-0.4, -0.2) is 20.5 Å². The van der Waals surface area contributed by atoms with Crippen molar-refractivity contribution in [1.29, 1.82) is 0 Å². The summed E-state index contributed by atoms with van der Waals surface area (Å²) in [6.07, 6.45) is 3.26. The van der Waals surface area contributed by atoms with Crippen LogP contribution in [0, 0.1) is 5.82 Å². The zero-order valence-corrected chi connectivity index (χ0v) is 10.2. The quantitative estimate of drug-likeness (QED) is 0.796. The molecule has 5 nitrogen and oxygen atoms in total. The zero-order chi connectivity index (χ0) is 14.1. The smallest absolute Gasteiger partial charge is 0.342 e. The van der Waals surface area contributed by atoms with Gasteiger partial charge in [0.2, 0.25) is 5.88 Å². The number of nitrogens with zero attached hydrogens (tertiary/aromatic N) is 2. The summed E-state index contributed by atoms with van der Waals surface area (Å²) in [5.41, 5.74) is 0.153. The molecule has 2 heterocycles. The molecule has 1 N–H and O–H groups in total. The van der Waals surface area contributed by atoms with Gasteiger partial charge in [-0.2, -0.15) is 0 Å². The summed E-state index contributed by atoms with van der Waals surface area (Å²) in [5, 5.41) is 9.06. The summed E-state index contributed by atoms with van der Waals surface area (Å²) < 4.78 is 20.7. The van der Waals surface area contributed by atoms with Crippen molar-refractivity contribution < 1.29 is 19.0 Å². The molecule has 20 heavy (non-hydrogen) atoms. The highest BCUT2D eigenvalue weighted by Crippen LogP contribution is 2.27. The molecule has 0 saturated heterocycles. The van der Waals surface area contributed by atoms with Crippen LogP contribution in [0.25, 0.3) is 5.65 Å². The summed E-state index contributed by atoms with van der Waals surface area (Å²) >= 11 is 0. The maximum atomic E-state index is 13.6. The van der Waals surface area contributed by atoms with Crippen LogP contribution >= 0.6 is 0 Å². The van der Waals surface area contributed by atoms with E-state index in [2.05, 4.69) is 4.98 Å². The van der Waals surface area contributed by atoms with Crippen LogP contribution in [0.5, 0.6) is 11.6 Å². The molecule has 0 aliphatic carbocycles. The number of imidazole rings is 1. The number of carboxylic acids is 1. The fraction of sp³-hybridized carbons (Fsp3) is 0. The molecule has 2 aromatic heterocycles. The molecule has 100 valence electrons. The second-order valence-corrected chi connectivity index (χ2v) is 4.04. The first-order valence-electron chi connectivity index (χ1n) is 5.78. The molecule has 0 saturated carbocycles. The maximum absolute atomic E-state index is 13.6. The lowest BCUT2D eigenvalue weighted by Crippen LogP contribution is -2.04. The van der Waals surface area contributed by atoms with Gasteiger partial charge in [-0.05, 0) is 24.3 Å². The van der Waals surface area contributed by atoms with Crippen LogP contribution in [0.4, 0.5) is 4.39 Å². The minimum atomic E-state index is -1.38. The summed E-state index contributed by atoms with van der Waals surface area (Å²) in [6, 6.07) is 9.01. The molecule has 0 bridgehead atoms. The average Bonchev–Trinajstić information content (AvgIpc) is 2.87. The summed E-state index contributed by atoms with van der Waals surface area (Å²) in [7, 11) is 0. The fourth-order valence-corrected chi connectivity index (χ4v) is 1.91. The molecule has 0 aliphatic rings. The van der Waals surface area contributed by atoms with Crippen LogP contribution < -0.4 is 4.74 Å². The van der Waals surface area contributed by atoms with Gasteiger partial charge in [0.1, 0.15) is 22.8 Å². The van der Waals surface area contributed by atoms with Gasteiger partial charge in [0.05, 0.1) is 0 Å². The van der Waals surface area contributed by atoms with Gasteiger partial charge in [0.25, 0.3) is 0 Å². The monoisotopic (exact) mass is 272 g/mol. The van der Waals surface area contributed by atoms with Crippen molar-refractivity contribution in [3.05, 3.63) is 60.2 Å². The maximum Gasteiger partial charge on any atom is 0.342 e. The van der Waals surface area contributed by atoms with E-state index in [1.165, 1.54) is 12.1 Å². The van der Waals surface area contributed by atoms with Crippen LogP contribution in [0.3, 0.4) is 0 Å². The molecule has 0 radical (unpaired) electrons. The Balaban J connectivity index is 2.10. The number of pyridine rings is 1. The highest BCUT2D eigenvalue weighted by molar-refractivity contribution is 5.91. The third-order valence-electron chi connectivity index (χ3n) is 2.79. The Bertz CT molecular complexity index is 798. The normalized spacial score (nSPS) is 10.7. The van der Waals surface area contributed by atoms with Gasteiger partial charge < -0.3 is 9.84 Å². The first-order chi connectivity index (χ1) is 9.66. The number of carbonyl (C=O) groups is 1. The lowest BCUT2D eigenvalue weighted by Gasteiger charge is -2.10. The number of halogens is 1. The Morgan fingerprint density at radius 2 is 2.05 bits per heavy atom. The molecule has 0 aliphatic heterocycles. The highest BCUT2D eigenvalue weighted by Gasteiger charge is 2.18. The minimum absolute atomic E-state index is 0.0568. The van der Waals surface area contributed by atoms with Gasteiger partial charge in [0.15, 0.2) is 0 Å². The predicted octanol–water partition coefficient (Wildman–Crippen LogP) is 2.96. The number of benzene rings is 1. The van der Waals surface area contributed by atoms with Gasteiger partial charge in [0, 0.05) is 12.4 Å². The van der Waals surface area contributed by atoms with Crippen molar-refractivity contribution >= 4 is 11.6 Å². The van der Waals surface area contributed by atoms with E-state index in [4.69, 9.17) is 9.84 Å². The lowest BCUT2D eigenvalue weighted by molar-refractivity contribution is 0.0689. The number of fused-ring (bicyclic) bond motifs is 1. The third kappa shape index (κ3) is 1.97. The van der Waals surface area contributed by atoms with Crippen LogP contribution in [-0.2, 0) is 0 Å². The van der Waals surface area contributed by atoms with Crippen LogP contribution in [0.15, 0.2) is 48.8 Å². The molecule has 0 fully saturated rings. The van der Waals surface area contributed by atoms with Crippen molar-refractivity contribution in [2.24, 2.45) is 0 Å². The molecular weight excluding hydrogens is 263 g/mol. The van der Waals surface area contributed by atoms with Crippen molar-refractivity contribution in [1.82, 2.24) is 9.38 Å². The Morgan fingerprint density at radius 3 is 2.85 bits per heavy atom. The van der Waals surface area contributed by atoms with Crippen LogP contribution in [0.1, 0.15) is 10.4 Å². The number of aromatic nitrogens is 2.